The first-order chi connectivity index (χ1) is 12.7. The SMILES string of the molecule is Cc1ccc(O)c(C)c1-n1c(N)c(C(N)=O)c2c(=O)n(C3CC3)c(C)cc21. The third-order valence-corrected chi connectivity index (χ3v) is 5.39. The topological polar surface area (TPSA) is 116 Å². The Kier molecular flexibility index (Phi) is 3.59. The van der Waals surface area contributed by atoms with Crippen molar-refractivity contribution in [1.29, 1.82) is 0 Å². The van der Waals surface area contributed by atoms with Gasteiger partial charge >= 0.3 is 0 Å². The minimum atomic E-state index is -0.741. The number of nitrogen functional groups attached to an aromatic ring is 1. The third-order valence-electron chi connectivity index (χ3n) is 5.39. The van der Waals surface area contributed by atoms with E-state index in [1.807, 2.05) is 19.9 Å². The van der Waals surface area contributed by atoms with Gasteiger partial charge < -0.3 is 21.1 Å². The van der Waals surface area contributed by atoms with E-state index >= 15 is 0 Å². The van der Waals surface area contributed by atoms with Crippen LogP contribution in [0.3, 0.4) is 0 Å². The Morgan fingerprint density at radius 2 is 1.89 bits per heavy atom. The molecule has 1 aromatic carbocycles. The maximum absolute atomic E-state index is 13.2. The van der Waals surface area contributed by atoms with E-state index in [0.29, 0.717) is 16.8 Å². The Bertz CT molecular complexity index is 1180. The molecule has 1 amide bonds. The Labute approximate surface area is 155 Å². The summed E-state index contributed by atoms with van der Waals surface area (Å²) in [5.41, 5.74) is 15.2. The van der Waals surface area contributed by atoms with Gasteiger partial charge in [-0.1, -0.05) is 6.07 Å². The third kappa shape index (κ3) is 2.34. The van der Waals surface area contributed by atoms with E-state index in [1.165, 1.54) is 0 Å². The summed E-state index contributed by atoms with van der Waals surface area (Å²) < 4.78 is 3.38. The standard InChI is InChI=1S/C20H22N4O3/c1-9-4-7-14(25)11(3)17(9)24-13-8-10(2)23(12-5-6-12)20(27)15(13)16(18(24)21)19(22)26/h4,7-8,12,25H,5-6,21H2,1-3H3,(H2,22,26). The minimum Gasteiger partial charge on any atom is -0.508 e. The number of hydrogen-bond donors (Lipinski definition) is 3. The van der Waals surface area contributed by atoms with Gasteiger partial charge in [-0.05, 0) is 51.3 Å². The van der Waals surface area contributed by atoms with Gasteiger partial charge in [-0.25, -0.2) is 0 Å². The first-order valence-electron chi connectivity index (χ1n) is 8.89. The van der Waals surface area contributed by atoms with Crippen LogP contribution in [0.2, 0.25) is 0 Å². The molecule has 27 heavy (non-hydrogen) atoms. The molecule has 0 unspecified atom stereocenters. The average molecular weight is 366 g/mol. The number of aromatic hydroxyl groups is 1. The zero-order chi connectivity index (χ0) is 19.6. The highest BCUT2D eigenvalue weighted by Gasteiger charge is 2.31. The number of amides is 1. The van der Waals surface area contributed by atoms with Crippen molar-refractivity contribution in [2.45, 2.75) is 39.7 Å². The first kappa shape index (κ1) is 17.2. The van der Waals surface area contributed by atoms with Gasteiger partial charge in [0, 0.05) is 17.3 Å². The summed E-state index contributed by atoms with van der Waals surface area (Å²) >= 11 is 0. The number of rotatable bonds is 3. The summed E-state index contributed by atoms with van der Waals surface area (Å²) in [6, 6.07) is 5.40. The summed E-state index contributed by atoms with van der Waals surface area (Å²) in [5.74, 6) is -0.519. The summed E-state index contributed by atoms with van der Waals surface area (Å²) in [6.07, 6.45) is 1.89. The Morgan fingerprint density at radius 1 is 1.22 bits per heavy atom. The van der Waals surface area contributed by atoms with Crippen LogP contribution in [-0.2, 0) is 0 Å². The van der Waals surface area contributed by atoms with Crippen molar-refractivity contribution in [1.82, 2.24) is 9.13 Å². The van der Waals surface area contributed by atoms with Crippen molar-refractivity contribution < 1.29 is 9.90 Å². The van der Waals surface area contributed by atoms with Crippen LogP contribution in [0.4, 0.5) is 5.82 Å². The Morgan fingerprint density at radius 3 is 2.48 bits per heavy atom. The molecule has 0 bridgehead atoms. The number of aryl methyl sites for hydroxylation is 2. The summed E-state index contributed by atoms with van der Waals surface area (Å²) in [6.45, 7) is 5.53. The van der Waals surface area contributed by atoms with E-state index in [1.54, 1.807) is 28.2 Å². The summed E-state index contributed by atoms with van der Waals surface area (Å²) in [7, 11) is 0. The fraction of sp³-hybridized carbons (Fsp3) is 0.300. The second-order valence-corrected chi connectivity index (χ2v) is 7.29. The van der Waals surface area contributed by atoms with Crippen LogP contribution in [0.5, 0.6) is 5.75 Å². The lowest BCUT2D eigenvalue weighted by Gasteiger charge is -2.16. The molecule has 0 saturated heterocycles. The molecule has 2 aromatic heterocycles. The van der Waals surface area contributed by atoms with Crippen LogP contribution in [0, 0.1) is 20.8 Å². The zero-order valence-electron chi connectivity index (χ0n) is 15.5. The van der Waals surface area contributed by atoms with E-state index in [2.05, 4.69) is 0 Å². The highest BCUT2D eigenvalue weighted by Crippen LogP contribution is 2.38. The largest absolute Gasteiger partial charge is 0.508 e. The zero-order valence-corrected chi connectivity index (χ0v) is 15.5. The maximum atomic E-state index is 13.2. The van der Waals surface area contributed by atoms with E-state index in [9.17, 15) is 14.7 Å². The lowest BCUT2D eigenvalue weighted by atomic mass is 10.1. The summed E-state index contributed by atoms with van der Waals surface area (Å²) in [5, 5.41) is 10.4. The predicted octanol–water partition coefficient (Wildman–Crippen LogP) is 2.44. The van der Waals surface area contributed by atoms with Crippen LogP contribution in [-0.4, -0.2) is 20.1 Å². The molecule has 2 heterocycles. The number of fused-ring (bicyclic) bond motifs is 1. The van der Waals surface area contributed by atoms with Gasteiger partial charge in [0.25, 0.3) is 11.5 Å². The van der Waals surface area contributed by atoms with Crippen molar-refractivity contribution in [3.05, 3.63) is 50.9 Å². The molecule has 140 valence electrons. The van der Waals surface area contributed by atoms with Crippen molar-refractivity contribution in [3.63, 3.8) is 0 Å². The van der Waals surface area contributed by atoms with E-state index in [-0.39, 0.29) is 34.1 Å². The second kappa shape index (κ2) is 5.64. The number of carbonyl (C=O) groups excluding carboxylic acids is 1. The molecular formula is C20H22N4O3. The number of hydrogen-bond acceptors (Lipinski definition) is 4. The van der Waals surface area contributed by atoms with Crippen LogP contribution in [0.1, 0.15) is 46.1 Å². The molecule has 4 rings (SSSR count). The maximum Gasteiger partial charge on any atom is 0.261 e. The smallest absolute Gasteiger partial charge is 0.261 e. The lowest BCUT2D eigenvalue weighted by molar-refractivity contribution is 0.100. The van der Waals surface area contributed by atoms with Gasteiger partial charge in [0.2, 0.25) is 0 Å². The normalized spacial score (nSPS) is 14.0. The summed E-state index contributed by atoms with van der Waals surface area (Å²) in [4.78, 5) is 25.4. The van der Waals surface area contributed by atoms with Crippen LogP contribution in [0.25, 0.3) is 16.6 Å². The molecule has 7 heteroatoms. The highest BCUT2D eigenvalue weighted by molar-refractivity contribution is 6.11. The lowest BCUT2D eigenvalue weighted by Crippen LogP contribution is -2.23. The van der Waals surface area contributed by atoms with Crippen LogP contribution >= 0.6 is 0 Å². The van der Waals surface area contributed by atoms with E-state index in [4.69, 9.17) is 11.5 Å². The minimum absolute atomic E-state index is 0.0338. The number of benzene rings is 1. The van der Waals surface area contributed by atoms with Gasteiger partial charge in [-0.3, -0.25) is 14.2 Å². The number of phenolic OH excluding ortho intramolecular Hbond substituents is 1. The van der Waals surface area contributed by atoms with Crippen molar-refractivity contribution >= 4 is 22.6 Å². The fourth-order valence-electron chi connectivity index (χ4n) is 3.96. The molecule has 3 aromatic rings. The molecule has 7 nitrogen and oxygen atoms in total. The molecule has 1 fully saturated rings. The number of primary amides is 1. The van der Waals surface area contributed by atoms with Crippen LogP contribution < -0.4 is 17.0 Å². The van der Waals surface area contributed by atoms with Crippen molar-refractivity contribution in [2.75, 3.05) is 5.73 Å². The average Bonchev–Trinajstić information content (AvgIpc) is 3.37. The fourth-order valence-corrected chi connectivity index (χ4v) is 3.96. The number of pyridine rings is 1. The van der Waals surface area contributed by atoms with Gasteiger partial charge in [0.05, 0.1) is 22.2 Å². The van der Waals surface area contributed by atoms with E-state index in [0.717, 1.165) is 24.1 Å². The molecule has 0 atom stereocenters. The Balaban J connectivity index is 2.22. The van der Waals surface area contributed by atoms with Crippen molar-refractivity contribution in [3.8, 4) is 11.4 Å². The Hall–Kier alpha value is -3.22. The number of aromatic nitrogens is 2. The van der Waals surface area contributed by atoms with Gasteiger partial charge in [-0.2, -0.15) is 0 Å². The monoisotopic (exact) mass is 366 g/mol. The number of nitrogens with two attached hydrogens (primary N) is 2. The number of anilines is 1. The van der Waals surface area contributed by atoms with Gasteiger partial charge in [0.1, 0.15) is 11.6 Å². The molecule has 0 radical (unpaired) electrons. The molecule has 1 saturated carbocycles. The molecule has 0 spiro atoms. The van der Waals surface area contributed by atoms with Gasteiger partial charge in [-0.15, -0.1) is 0 Å². The van der Waals surface area contributed by atoms with Crippen LogP contribution in [0.15, 0.2) is 23.0 Å². The molecule has 5 N–H and O–H groups in total. The van der Waals surface area contributed by atoms with E-state index < -0.39 is 5.91 Å². The van der Waals surface area contributed by atoms with Gasteiger partial charge in [0.15, 0.2) is 0 Å². The number of carbonyl (C=O) groups is 1. The first-order valence-corrected chi connectivity index (χ1v) is 8.89. The highest BCUT2D eigenvalue weighted by atomic mass is 16.3. The molecular weight excluding hydrogens is 344 g/mol. The molecule has 1 aliphatic carbocycles. The van der Waals surface area contributed by atoms with Crippen molar-refractivity contribution in [2.24, 2.45) is 5.73 Å². The molecule has 1 aliphatic rings. The number of phenols is 1. The molecule has 0 aliphatic heterocycles. The predicted molar refractivity (Wildman–Crippen MR) is 105 cm³/mol. The quantitative estimate of drug-likeness (QED) is 0.660. The number of nitrogens with zero attached hydrogens (tertiary/aromatic N) is 2. The second-order valence-electron chi connectivity index (χ2n) is 7.29.